The highest BCUT2D eigenvalue weighted by Crippen LogP contribution is 2.34. The molecule has 2 heterocycles. The van der Waals surface area contributed by atoms with E-state index in [-0.39, 0.29) is 17.5 Å². The number of hydrogen-bond donors (Lipinski definition) is 3. The zero-order valence-electron chi connectivity index (χ0n) is 22.4. The molecule has 0 saturated heterocycles. The molecule has 0 saturated carbocycles. The number of allylic oxidation sites excluding steroid dienone is 2. The van der Waals surface area contributed by atoms with E-state index in [9.17, 15) is 14.0 Å². The number of nitrogens with zero attached hydrogens (tertiary/aromatic N) is 3. The second-order valence-electron chi connectivity index (χ2n) is 10.9. The molecule has 0 bridgehead atoms. The van der Waals surface area contributed by atoms with Gasteiger partial charge in [0.05, 0.1) is 6.20 Å². The van der Waals surface area contributed by atoms with Gasteiger partial charge in [-0.2, -0.15) is 5.10 Å². The van der Waals surface area contributed by atoms with Crippen LogP contribution >= 0.6 is 11.3 Å². The number of halogens is 1. The molecule has 2 aromatic heterocycles. The second kappa shape index (κ2) is 12.7. The molecule has 1 atom stereocenters. The molecule has 3 N–H and O–H groups in total. The summed E-state index contributed by atoms with van der Waals surface area (Å²) >= 11 is 1.35. The summed E-state index contributed by atoms with van der Waals surface area (Å²) in [6.45, 7) is 8.37. The molecule has 1 unspecified atom stereocenters. The fourth-order valence-electron chi connectivity index (χ4n) is 4.22. The van der Waals surface area contributed by atoms with Crippen LogP contribution in [0.5, 0.6) is 0 Å². The van der Waals surface area contributed by atoms with Crippen LogP contribution in [0.2, 0.25) is 25.7 Å². The quantitative estimate of drug-likeness (QED) is 0.187. The maximum atomic E-state index is 14.2. The number of nitrogens with one attached hydrogen (secondary N) is 2. The maximum absolute atomic E-state index is 14.2. The van der Waals surface area contributed by atoms with Crippen molar-refractivity contribution in [2.45, 2.75) is 51.7 Å². The highest BCUT2D eigenvalue weighted by Gasteiger charge is 2.20. The molecule has 4 rings (SSSR count). The molecule has 1 aromatic carbocycles. The number of benzene rings is 1. The Balaban J connectivity index is 1.39. The predicted molar refractivity (Wildman–Crippen MR) is 153 cm³/mol. The van der Waals surface area contributed by atoms with Crippen molar-refractivity contribution in [1.82, 2.24) is 20.1 Å². The van der Waals surface area contributed by atoms with Gasteiger partial charge in [-0.05, 0) is 55.0 Å². The molecular weight excluding hydrogens is 537 g/mol. The van der Waals surface area contributed by atoms with Crippen LogP contribution < -0.4 is 10.6 Å². The number of ether oxygens (including phenoxy) is 1. The molecular formula is C27H34FN5O4SSi. The van der Waals surface area contributed by atoms with E-state index in [0.29, 0.717) is 49.0 Å². The van der Waals surface area contributed by atoms with Gasteiger partial charge in [0.25, 0.3) is 5.91 Å². The number of aromatic nitrogens is 3. The van der Waals surface area contributed by atoms with Crippen LogP contribution in [0.1, 0.15) is 35.3 Å². The van der Waals surface area contributed by atoms with E-state index in [1.807, 2.05) is 12.3 Å². The Morgan fingerprint density at radius 3 is 2.85 bits per heavy atom. The Bertz CT molecular complexity index is 1350. The predicted octanol–water partition coefficient (Wildman–Crippen LogP) is 6.16. The van der Waals surface area contributed by atoms with E-state index in [2.05, 4.69) is 40.4 Å². The summed E-state index contributed by atoms with van der Waals surface area (Å²) < 4.78 is 21.6. The van der Waals surface area contributed by atoms with Crippen molar-refractivity contribution in [3.8, 4) is 10.6 Å². The lowest BCUT2D eigenvalue weighted by Crippen LogP contribution is -2.28. The molecule has 208 valence electrons. The van der Waals surface area contributed by atoms with Gasteiger partial charge in [0.15, 0.2) is 0 Å². The Hall–Kier alpha value is -3.35. The van der Waals surface area contributed by atoms with Gasteiger partial charge in [-0.25, -0.2) is 18.9 Å². The minimum Gasteiger partial charge on any atom is -0.465 e. The number of hydrogen-bond acceptors (Lipinski definition) is 6. The fraction of sp³-hybridized carbons (Fsp3) is 0.407. The zero-order chi connectivity index (χ0) is 28.0. The summed E-state index contributed by atoms with van der Waals surface area (Å²) in [6.07, 6.45) is 6.60. The SMILES string of the molecule is C[Si](C)(C)CCOCn1cc(-c2nc(C(=O)Nc3ccc(F)cc3C3=CCC(CNC(=O)O)CC3)cs2)cn1. The Labute approximate surface area is 232 Å². The summed E-state index contributed by atoms with van der Waals surface area (Å²) in [4.78, 5) is 28.3. The summed E-state index contributed by atoms with van der Waals surface area (Å²) in [7, 11) is -1.15. The first-order valence-electron chi connectivity index (χ1n) is 12.9. The molecule has 12 heteroatoms. The van der Waals surface area contributed by atoms with Crippen molar-refractivity contribution in [3.05, 3.63) is 59.1 Å². The van der Waals surface area contributed by atoms with E-state index in [4.69, 9.17) is 9.84 Å². The molecule has 1 aliphatic rings. The summed E-state index contributed by atoms with van der Waals surface area (Å²) in [5, 5.41) is 20.8. The number of anilines is 1. The molecule has 0 fully saturated rings. The largest absolute Gasteiger partial charge is 0.465 e. The average molecular weight is 572 g/mol. The van der Waals surface area contributed by atoms with Crippen molar-refractivity contribution < 1.29 is 23.8 Å². The van der Waals surface area contributed by atoms with Gasteiger partial charge in [-0.3, -0.25) is 4.79 Å². The van der Waals surface area contributed by atoms with Crippen molar-refractivity contribution in [2.24, 2.45) is 5.92 Å². The van der Waals surface area contributed by atoms with Crippen LogP contribution in [-0.2, 0) is 11.5 Å². The van der Waals surface area contributed by atoms with Gasteiger partial charge in [0, 0.05) is 49.6 Å². The first-order valence-corrected chi connectivity index (χ1v) is 17.5. The van der Waals surface area contributed by atoms with E-state index in [1.165, 1.54) is 23.5 Å². The fourth-order valence-corrected chi connectivity index (χ4v) is 5.75. The van der Waals surface area contributed by atoms with E-state index in [0.717, 1.165) is 23.6 Å². The van der Waals surface area contributed by atoms with E-state index < -0.39 is 20.0 Å². The van der Waals surface area contributed by atoms with Crippen LogP contribution in [0.15, 0.2) is 42.0 Å². The summed E-state index contributed by atoms with van der Waals surface area (Å²) in [6, 6.07) is 5.38. The van der Waals surface area contributed by atoms with Gasteiger partial charge in [-0.1, -0.05) is 25.7 Å². The van der Waals surface area contributed by atoms with E-state index in [1.54, 1.807) is 22.3 Å². The Kier molecular flexibility index (Phi) is 9.31. The zero-order valence-corrected chi connectivity index (χ0v) is 24.2. The smallest absolute Gasteiger partial charge is 0.404 e. The first-order chi connectivity index (χ1) is 18.6. The first kappa shape index (κ1) is 28.6. The molecule has 3 aromatic rings. The van der Waals surface area contributed by atoms with Gasteiger partial charge in [0.1, 0.15) is 23.2 Å². The van der Waals surface area contributed by atoms with Gasteiger partial charge in [-0.15, -0.1) is 11.3 Å². The molecule has 2 amide bonds. The highest BCUT2D eigenvalue weighted by atomic mass is 32.1. The number of carboxylic acid groups (broad SMARTS) is 1. The van der Waals surface area contributed by atoms with Crippen LogP contribution in [0.25, 0.3) is 16.1 Å². The maximum Gasteiger partial charge on any atom is 0.404 e. The third-order valence-electron chi connectivity index (χ3n) is 6.47. The van der Waals surface area contributed by atoms with Gasteiger partial charge >= 0.3 is 6.09 Å². The van der Waals surface area contributed by atoms with Crippen molar-refractivity contribution >= 4 is 42.7 Å². The van der Waals surface area contributed by atoms with Gasteiger partial charge < -0.3 is 20.5 Å². The Morgan fingerprint density at radius 2 is 2.13 bits per heavy atom. The summed E-state index contributed by atoms with van der Waals surface area (Å²) in [5.74, 6) is -0.589. The lowest BCUT2D eigenvalue weighted by Gasteiger charge is -2.23. The standard InChI is InChI=1S/C27H34FN5O4SSi/c1-39(2,3)11-10-37-17-33-15-20(14-30-33)26-32-24(16-38-26)25(34)31-23-9-8-21(28)12-22(23)19-6-4-18(5-7-19)13-29-27(35)36/h6,8-9,12,14-16,18,29H,4-5,7,10-11,13,17H2,1-3H3,(H,31,34)(H,35,36). The number of amides is 2. The van der Waals surface area contributed by atoms with Gasteiger partial charge in [0.2, 0.25) is 0 Å². The van der Waals surface area contributed by atoms with Crippen molar-refractivity contribution in [2.75, 3.05) is 18.5 Å². The normalized spacial score (nSPS) is 15.6. The molecule has 1 aliphatic carbocycles. The second-order valence-corrected chi connectivity index (χ2v) is 17.3. The van der Waals surface area contributed by atoms with Crippen molar-refractivity contribution in [3.63, 3.8) is 0 Å². The van der Waals surface area contributed by atoms with Crippen LogP contribution in [0, 0.1) is 11.7 Å². The highest BCUT2D eigenvalue weighted by molar-refractivity contribution is 7.13. The van der Waals surface area contributed by atoms with Crippen molar-refractivity contribution in [1.29, 1.82) is 0 Å². The third-order valence-corrected chi connectivity index (χ3v) is 9.07. The third kappa shape index (κ3) is 8.31. The molecule has 0 radical (unpaired) electrons. The summed E-state index contributed by atoms with van der Waals surface area (Å²) in [5.41, 5.74) is 3.12. The van der Waals surface area contributed by atoms with Crippen LogP contribution in [0.4, 0.5) is 14.9 Å². The van der Waals surface area contributed by atoms with Crippen LogP contribution in [0.3, 0.4) is 0 Å². The number of carbonyl (C=O) groups excluding carboxylic acids is 1. The lowest BCUT2D eigenvalue weighted by molar-refractivity contribution is 0.0786. The molecule has 0 aliphatic heterocycles. The van der Waals surface area contributed by atoms with E-state index >= 15 is 0 Å². The minimum atomic E-state index is -1.15. The minimum absolute atomic E-state index is 0.186. The molecule has 9 nitrogen and oxygen atoms in total. The topological polar surface area (TPSA) is 118 Å². The number of thiazole rings is 1. The van der Waals surface area contributed by atoms with Crippen LogP contribution in [-0.4, -0.2) is 53.1 Å². The average Bonchev–Trinajstić information content (AvgIpc) is 3.56. The molecule has 0 spiro atoms. The number of carbonyl (C=O) groups is 2. The molecule has 39 heavy (non-hydrogen) atoms. The lowest BCUT2D eigenvalue weighted by atomic mass is 9.86. The Morgan fingerprint density at radius 1 is 1.31 bits per heavy atom. The monoisotopic (exact) mass is 571 g/mol. The number of rotatable bonds is 11.